The summed E-state index contributed by atoms with van der Waals surface area (Å²) in [6, 6.07) is 0.266. The summed E-state index contributed by atoms with van der Waals surface area (Å²) in [6.45, 7) is 0.810. The van der Waals surface area contributed by atoms with Crippen LogP contribution in [0, 0.1) is 0 Å². The molecular weight excluding hydrogens is 262 g/mol. The third-order valence-electron chi connectivity index (χ3n) is 3.45. The highest BCUT2D eigenvalue weighted by Crippen LogP contribution is 2.27. The summed E-state index contributed by atoms with van der Waals surface area (Å²) in [5.41, 5.74) is 0.0823. The van der Waals surface area contributed by atoms with E-state index >= 15 is 0 Å². The molecule has 3 N–H and O–H groups in total. The van der Waals surface area contributed by atoms with Gasteiger partial charge in [0.1, 0.15) is 5.82 Å². The lowest BCUT2D eigenvalue weighted by Gasteiger charge is -2.25. The van der Waals surface area contributed by atoms with Crippen molar-refractivity contribution in [1.82, 2.24) is 30.2 Å². The van der Waals surface area contributed by atoms with Crippen LogP contribution >= 0.6 is 0 Å². The fraction of sp³-hybridized carbons (Fsp3) is 0.545. The first-order valence-corrected chi connectivity index (χ1v) is 6.52. The molecule has 1 aliphatic heterocycles. The third kappa shape index (κ3) is 2.46. The second-order valence-corrected chi connectivity index (χ2v) is 4.77. The molecule has 2 aromatic rings. The number of anilines is 1. The summed E-state index contributed by atoms with van der Waals surface area (Å²) in [5, 5.41) is 25.8. The molecule has 0 aliphatic carbocycles. The summed E-state index contributed by atoms with van der Waals surface area (Å²) in [7, 11) is 0. The average molecular weight is 277 g/mol. The molecule has 0 saturated heterocycles. The molecular formula is C11H15N7O2. The molecule has 20 heavy (non-hydrogen) atoms. The van der Waals surface area contributed by atoms with E-state index in [0.29, 0.717) is 5.95 Å². The zero-order valence-corrected chi connectivity index (χ0v) is 10.8. The maximum absolute atomic E-state index is 11.0. The standard InChI is InChI=1S/C11H15N7O2/c19-10(20)8-6-18-7(4-5-12-11(18)13-8)2-1-3-9-14-16-17-15-9/h6-7H,1-5H2,(H,12,13)(H,19,20)(H,14,15,16,17). The first-order chi connectivity index (χ1) is 9.74. The van der Waals surface area contributed by atoms with E-state index in [4.69, 9.17) is 5.11 Å². The van der Waals surface area contributed by atoms with E-state index < -0.39 is 5.97 Å². The van der Waals surface area contributed by atoms with E-state index in [1.54, 1.807) is 6.20 Å². The van der Waals surface area contributed by atoms with E-state index in [1.807, 2.05) is 4.57 Å². The highest BCUT2D eigenvalue weighted by atomic mass is 16.4. The third-order valence-corrected chi connectivity index (χ3v) is 3.45. The zero-order valence-electron chi connectivity index (χ0n) is 10.8. The lowest BCUT2D eigenvalue weighted by atomic mass is 10.0. The van der Waals surface area contributed by atoms with Crippen LogP contribution < -0.4 is 5.32 Å². The molecule has 1 unspecified atom stereocenters. The second-order valence-electron chi connectivity index (χ2n) is 4.77. The largest absolute Gasteiger partial charge is 0.476 e. The number of aromatic carboxylic acids is 1. The van der Waals surface area contributed by atoms with Gasteiger partial charge in [0.05, 0.1) is 0 Å². The molecule has 3 rings (SSSR count). The molecule has 0 spiro atoms. The number of nitrogens with one attached hydrogen (secondary N) is 2. The van der Waals surface area contributed by atoms with Crippen LogP contribution in [0.5, 0.6) is 0 Å². The van der Waals surface area contributed by atoms with Gasteiger partial charge in [-0.05, 0) is 29.7 Å². The van der Waals surface area contributed by atoms with Crippen LogP contribution in [0.3, 0.4) is 0 Å². The molecule has 0 aromatic carbocycles. The van der Waals surface area contributed by atoms with Crippen LogP contribution in [-0.2, 0) is 6.42 Å². The zero-order chi connectivity index (χ0) is 13.9. The number of aromatic amines is 1. The van der Waals surface area contributed by atoms with Crippen molar-refractivity contribution in [3.8, 4) is 0 Å². The summed E-state index contributed by atoms with van der Waals surface area (Å²) >= 11 is 0. The molecule has 9 nitrogen and oxygen atoms in total. The SMILES string of the molecule is O=C(O)c1cn2c(n1)NCCC2CCCc1nnn[nH]1. The Labute approximate surface area is 114 Å². The Morgan fingerprint density at radius 1 is 1.55 bits per heavy atom. The maximum atomic E-state index is 11.0. The maximum Gasteiger partial charge on any atom is 0.356 e. The van der Waals surface area contributed by atoms with Crippen molar-refractivity contribution in [2.45, 2.75) is 31.7 Å². The van der Waals surface area contributed by atoms with Crippen LogP contribution in [0.2, 0.25) is 0 Å². The van der Waals surface area contributed by atoms with E-state index in [0.717, 1.165) is 38.1 Å². The van der Waals surface area contributed by atoms with Crippen LogP contribution in [0.15, 0.2) is 6.20 Å². The predicted octanol–water partition coefficient (Wildman–Crippen LogP) is 0.474. The van der Waals surface area contributed by atoms with Crippen molar-refractivity contribution < 1.29 is 9.90 Å². The van der Waals surface area contributed by atoms with E-state index in [2.05, 4.69) is 30.9 Å². The fourth-order valence-corrected chi connectivity index (χ4v) is 2.47. The van der Waals surface area contributed by atoms with Crippen LogP contribution in [0.1, 0.15) is 41.6 Å². The Morgan fingerprint density at radius 2 is 2.45 bits per heavy atom. The van der Waals surface area contributed by atoms with Gasteiger partial charge >= 0.3 is 5.97 Å². The summed E-state index contributed by atoms with van der Waals surface area (Å²) < 4.78 is 1.92. The van der Waals surface area contributed by atoms with E-state index in [1.165, 1.54) is 0 Å². The summed E-state index contributed by atoms with van der Waals surface area (Å²) in [4.78, 5) is 15.0. The highest BCUT2D eigenvalue weighted by Gasteiger charge is 2.23. The van der Waals surface area contributed by atoms with Gasteiger partial charge in [-0.1, -0.05) is 0 Å². The quantitative estimate of drug-likeness (QED) is 0.726. The van der Waals surface area contributed by atoms with Crippen molar-refractivity contribution >= 4 is 11.9 Å². The van der Waals surface area contributed by atoms with Crippen LogP contribution in [-0.4, -0.2) is 47.8 Å². The Morgan fingerprint density at radius 3 is 3.20 bits per heavy atom. The number of aromatic nitrogens is 6. The van der Waals surface area contributed by atoms with Gasteiger partial charge in [0.2, 0.25) is 5.95 Å². The van der Waals surface area contributed by atoms with E-state index in [9.17, 15) is 4.79 Å². The topological polar surface area (TPSA) is 122 Å². The van der Waals surface area contributed by atoms with E-state index in [-0.39, 0.29) is 11.7 Å². The fourth-order valence-electron chi connectivity index (χ4n) is 2.47. The molecule has 9 heteroatoms. The molecule has 0 fully saturated rings. The molecule has 3 heterocycles. The Hall–Kier alpha value is -2.45. The van der Waals surface area contributed by atoms with Gasteiger partial charge in [-0.15, -0.1) is 5.10 Å². The first-order valence-electron chi connectivity index (χ1n) is 6.52. The monoisotopic (exact) mass is 277 g/mol. The van der Waals surface area contributed by atoms with Gasteiger partial charge in [0.25, 0.3) is 0 Å². The predicted molar refractivity (Wildman–Crippen MR) is 68.4 cm³/mol. The van der Waals surface area contributed by atoms with Crippen molar-refractivity contribution in [1.29, 1.82) is 0 Å². The van der Waals surface area contributed by atoms with Gasteiger partial charge < -0.3 is 15.0 Å². The highest BCUT2D eigenvalue weighted by molar-refractivity contribution is 5.85. The summed E-state index contributed by atoms with van der Waals surface area (Å²) in [6.07, 6.45) is 5.21. The minimum Gasteiger partial charge on any atom is -0.476 e. The number of carboxylic acid groups (broad SMARTS) is 1. The normalized spacial score (nSPS) is 17.5. The number of nitrogens with zero attached hydrogens (tertiary/aromatic N) is 5. The number of rotatable bonds is 5. The van der Waals surface area contributed by atoms with Gasteiger partial charge in [0.15, 0.2) is 5.69 Å². The van der Waals surface area contributed by atoms with Crippen molar-refractivity contribution in [2.75, 3.05) is 11.9 Å². The Kier molecular flexibility index (Phi) is 3.32. The van der Waals surface area contributed by atoms with Crippen LogP contribution in [0.4, 0.5) is 5.95 Å². The number of hydrogen-bond donors (Lipinski definition) is 3. The minimum absolute atomic E-state index is 0.0823. The number of aryl methyl sites for hydroxylation is 1. The average Bonchev–Trinajstić information content (AvgIpc) is 3.07. The number of carbonyl (C=O) groups is 1. The molecule has 0 bridgehead atoms. The molecule has 0 amide bonds. The first kappa shape index (κ1) is 12.6. The minimum atomic E-state index is -1.000. The van der Waals surface area contributed by atoms with Gasteiger partial charge in [0, 0.05) is 25.2 Å². The Bertz CT molecular complexity index is 592. The molecule has 2 aromatic heterocycles. The van der Waals surface area contributed by atoms with Crippen LogP contribution in [0.25, 0.3) is 0 Å². The number of carboxylic acids is 1. The van der Waals surface area contributed by atoms with Gasteiger partial charge in [-0.25, -0.2) is 14.9 Å². The lowest BCUT2D eigenvalue weighted by molar-refractivity contribution is 0.0691. The molecule has 106 valence electrons. The number of tetrazole rings is 1. The second kappa shape index (κ2) is 5.27. The van der Waals surface area contributed by atoms with Gasteiger partial charge in [-0.2, -0.15) is 0 Å². The van der Waals surface area contributed by atoms with Gasteiger partial charge in [-0.3, -0.25) is 0 Å². The number of fused-ring (bicyclic) bond motifs is 1. The molecule has 0 saturated carbocycles. The number of hydrogen-bond acceptors (Lipinski definition) is 6. The molecule has 1 aliphatic rings. The molecule has 1 atom stereocenters. The van der Waals surface area contributed by atoms with Crippen molar-refractivity contribution in [2.24, 2.45) is 0 Å². The summed E-state index contributed by atoms with van der Waals surface area (Å²) in [5.74, 6) is 0.413. The van der Waals surface area contributed by atoms with Crippen molar-refractivity contribution in [3.63, 3.8) is 0 Å². The number of H-pyrrole nitrogens is 1. The molecule has 0 radical (unpaired) electrons. The Balaban J connectivity index is 1.65. The smallest absolute Gasteiger partial charge is 0.356 e. The number of imidazole rings is 1. The lowest BCUT2D eigenvalue weighted by Crippen LogP contribution is -2.22. The van der Waals surface area contributed by atoms with Crippen molar-refractivity contribution in [3.05, 3.63) is 17.7 Å².